The van der Waals surface area contributed by atoms with Crippen LogP contribution in [0.1, 0.15) is 64.9 Å². The number of carbonyl (C=O) groups excluding carboxylic acids is 1. The first kappa shape index (κ1) is 43.5. The summed E-state index contributed by atoms with van der Waals surface area (Å²) in [5.74, 6) is 0.591. The molecule has 2 aliphatic heterocycles. The first-order valence-electron chi connectivity index (χ1n) is 18.4. The average Bonchev–Trinajstić information content (AvgIpc) is 3.10. The largest absolute Gasteiger partial charge is 0.417 e. The van der Waals surface area contributed by atoms with Gasteiger partial charge in [-0.3, -0.25) is 4.79 Å². The topological polar surface area (TPSA) is 101 Å². The fourth-order valence-corrected chi connectivity index (χ4v) is 9.36. The smallest absolute Gasteiger partial charge is 0.240 e. The van der Waals surface area contributed by atoms with Crippen LogP contribution in [-0.4, -0.2) is 91.4 Å². The van der Waals surface area contributed by atoms with Gasteiger partial charge in [-0.2, -0.15) is 0 Å². The van der Waals surface area contributed by atoms with E-state index in [1.54, 1.807) is 24.3 Å². The number of nitrogens with one attached hydrogen (secondary N) is 1. The number of carbonyl (C=O) groups is 1. The summed E-state index contributed by atoms with van der Waals surface area (Å²) < 4.78 is 41.8. The number of hydrogen-bond donors (Lipinski definition) is 1. The van der Waals surface area contributed by atoms with Crippen LogP contribution in [-0.2, 0) is 34.9 Å². The number of hydrogen-bond acceptors (Lipinski definition) is 9. The number of rotatable bonds is 18. The highest BCUT2D eigenvalue weighted by Gasteiger charge is 2.37. The zero-order valence-electron chi connectivity index (χ0n) is 31.7. The molecule has 2 fully saturated rings. The van der Waals surface area contributed by atoms with Crippen molar-refractivity contribution in [2.24, 2.45) is 11.8 Å². The number of sulfonamides is 1. The third-order valence-electron chi connectivity index (χ3n) is 10.7. The van der Waals surface area contributed by atoms with Gasteiger partial charge >= 0.3 is 0 Å². The summed E-state index contributed by atoms with van der Waals surface area (Å²) in [7, 11) is -3.93. The van der Waals surface area contributed by atoms with Gasteiger partial charge in [-0.15, -0.1) is 4.33 Å². The summed E-state index contributed by atoms with van der Waals surface area (Å²) in [6, 6.07) is 12.8. The molecule has 0 atom stereocenters. The van der Waals surface area contributed by atoms with Crippen LogP contribution in [0.4, 0.5) is 5.69 Å². The van der Waals surface area contributed by atoms with Crippen molar-refractivity contribution < 1.29 is 26.9 Å². The Morgan fingerprint density at radius 2 is 1.65 bits per heavy atom. The van der Waals surface area contributed by atoms with E-state index in [4.69, 9.17) is 36.8 Å². The molecule has 52 heavy (non-hydrogen) atoms. The average molecular weight is 818 g/mol. The molecule has 10 nitrogen and oxygen atoms in total. The molecule has 0 aliphatic carbocycles. The first-order chi connectivity index (χ1) is 24.6. The molecule has 0 bridgehead atoms. The number of benzene rings is 2. The van der Waals surface area contributed by atoms with Gasteiger partial charge in [0.2, 0.25) is 15.9 Å². The predicted molar refractivity (Wildman–Crippen MR) is 216 cm³/mol. The van der Waals surface area contributed by atoms with E-state index in [-0.39, 0.29) is 16.9 Å². The third-order valence-corrected chi connectivity index (χ3v) is 18.2. The van der Waals surface area contributed by atoms with Crippen molar-refractivity contribution in [3.63, 3.8) is 0 Å². The Hall–Kier alpha value is -1.23. The Bertz CT molecular complexity index is 1530. The molecule has 0 spiro atoms. The summed E-state index contributed by atoms with van der Waals surface area (Å²) in [5, 5.41) is 1.04. The minimum atomic E-state index is -3.57. The molecule has 0 saturated carbocycles. The van der Waals surface area contributed by atoms with Gasteiger partial charge in [-0.1, -0.05) is 56.1 Å². The Morgan fingerprint density at radius 1 is 0.981 bits per heavy atom. The lowest BCUT2D eigenvalue weighted by Crippen LogP contribution is -2.43. The van der Waals surface area contributed by atoms with Crippen molar-refractivity contribution in [2.75, 3.05) is 64.4 Å². The molecule has 2 aromatic carbocycles. The van der Waals surface area contributed by atoms with Gasteiger partial charge in [0.15, 0.2) is 8.32 Å². The maximum Gasteiger partial charge on any atom is 0.240 e. The van der Waals surface area contributed by atoms with Crippen LogP contribution in [0.3, 0.4) is 0 Å². The fourth-order valence-electron chi connectivity index (χ4n) is 6.40. The SMILES string of the molecule is COOSN1CCC(C(=O)N(CCCN2CCC(Cc3ccc(S(=O)(=O)NCCCO[Si](C)(C)C(C)(C)C)cc3)CC2)c2ccc(Cl)c(Cl)c2)CC1. The third kappa shape index (κ3) is 12.9. The van der Waals surface area contributed by atoms with Gasteiger partial charge in [-0.05, 0) is 125 Å². The lowest BCUT2D eigenvalue weighted by molar-refractivity contribution is -0.164. The number of anilines is 1. The van der Waals surface area contributed by atoms with Gasteiger partial charge < -0.3 is 14.2 Å². The normalized spacial score (nSPS) is 17.5. The number of nitrogens with zero attached hydrogens (tertiary/aromatic N) is 3. The second kappa shape index (κ2) is 20.1. The second-order valence-electron chi connectivity index (χ2n) is 15.4. The second-order valence-corrected chi connectivity index (χ2v) is 23.6. The van der Waals surface area contributed by atoms with Crippen molar-refractivity contribution in [2.45, 2.75) is 88.7 Å². The summed E-state index contributed by atoms with van der Waals surface area (Å²) in [5.41, 5.74) is 1.94. The highest BCUT2D eigenvalue weighted by Crippen LogP contribution is 2.36. The fraction of sp³-hybridized carbons (Fsp3) is 0.649. The molecular formula is C37H58Cl2N4O6S2Si. The molecule has 0 unspecified atom stereocenters. The van der Waals surface area contributed by atoms with E-state index in [2.05, 4.69) is 47.8 Å². The van der Waals surface area contributed by atoms with Gasteiger partial charge in [0.25, 0.3) is 0 Å². The standard InChI is InChI=1S/C37H58Cl2N4O6S2Si/c1-37(2,3)52(5,6)48-26-7-19-40-51(45,46)33-12-9-29(10-13-33)27-30-15-22-41(23-16-30)20-8-21-43(32-11-14-34(38)35(39)28-32)36(44)31-17-24-42(25-18-31)50-49-47-4/h9-14,28,30-31,40H,7-8,15-27H2,1-6H3. The van der Waals surface area contributed by atoms with Crippen molar-refractivity contribution in [1.82, 2.24) is 13.9 Å². The zero-order valence-corrected chi connectivity index (χ0v) is 35.8. The van der Waals surface area contributed by atoms with E-state index < -0.39 is 18.3 Å². The molecule has 2 aliphatic rings. The molecular weight excluding hydrogens is 760 g/mol. The maximum absolute atomic E-state index is 13.8. The van der Waals surface area contributed by atoms with Crippen molar-refractivity contribution in [1.29, 1.82) is 0 Å². The Kier molecular flexibility index (Phi) is 16.8. The Balaban J connectivity index is 1.21. The number of likely N-dealkylation sites (tertiary alicyclic amines) is 1. The van der Waals surface area contributed by atoms with E-state index >= 15 is 0 Å². The van der Waals surface area contributed by atoms with E-state index in [9.17, 15) is 13.2 Å². The predicted octanol–water partition coefficient (Wildman–Crippen LogP) is 8.21. The van der Waals surface area contributed by atoms with Crippen LogP contribution in [0, 0.1) is 11.8 Å². The van der Waals surface area contributed by atoms with Gasteiger partial charge in [0.05, 0.1) is 22.1 Å². The molecule has 2 aromatic rings. The molecule has 15 heteroatoms. The summed E-state index contributed by atoms with van der Waals surface area (Å²) in [6.07, 6.45) is 6.07. The quantitative estimate of drug-likeness (QED) is 0.0399. The minimum Gasteiger partial charge on any atom is -0.417 e. The Labute approximate surface area is 327 Å². The molecule has 2 saturated heterocycles. The van der Waals surface area contributed by atoms with Gasteiger partial charge in [0, 0.05) is 44.4 Å². The van der Waals surface area contributed by atoms with E-state index in [1.165, 1.54) is 19.3 Å². The summed E-state index contributed by atoms with van der Waals surface area (Å²) >= 11 is 13.8. The molecule has 2 heterocycles. The highest BCUT2D eigenvalue weighted by molar-refractivity contribution is 7.92. The van der Waals surface area contributed by atoms with Gasteiger partial charge in [0.1, 0.15) is 12.2 Å². The number of piperidine rings is 2. The Morgan fingerprint density at radius 3 is 2.27 bits per heavy atom. The lowest BCUT2D eigenvalue weighted by Gasteiger charge is -2.36. The molecule has 4 rings (SSSR count). The molecule has 1 N–H and O–H groups in total. The van der Waals surface area contributed by atoms with E-state index in [1.807, 2.05) is 23.1 Å². The zero-order chi connectivity index (χ0) is 37.9. The first-order valence-corrected chi connectivity index (χ1v) is 24.3. The van der Waals surface area contributed by atoms with Crippen LogP contribution < -0.4 is 9.62 Å². The number of amides is 1. The van der Waals surface area contributed by atoms with E-state index in [0.29, 0.717) is 47.0 Å². The highest BCUT2D eigenvalue weighted by atomic mass is 35.5. The van der Waals surface area contributed by atoms with Gasteiger partial charge in [-0.25, -0.2) is 22.3 Å². The van der Waals surface area contributed by atoms with E-state index in [0.717, 1.165) is 82.5 Å². The van der Waals surface area contributed by atoms with Crippen LogP contribution in [0.15, 0.2) is 47.4 Å². The van der Waals surface area contributed by atoms with Crippen molar-refractivity contribution >= 4 is 65.4 Å². The molecule has 1 amide bonds. The van der Waals surface area contributed by atoms with Crippen LogP contribution >= 0.6 is 35.4 Å². The summed E-state index contributed by atoms with van der Waals surface area (Å²) in [4.78, 5) is 23.2. The van der Waals surface area contributed by atoms with Crippen LogP contribution in [0.25, 0.3) is 0 Å². The van der Waals surface area contributed by atoms with Crippen molar-refractivity contribution in [3.05, 3.63) is 58.1 Å². The molecule has 0 aromatic heterocycles. The molecule has 292 valence electrons. The summed E-state index contributed by atoms with van der Waals surface area (Å²) in [6.45, 7) is 16.9. The minimum absolute atomic E-state index is 0.0764. The molecule has 0 radical (unpaired) electrons. The van der Waals surface area contributed by atoms with Crippen molar-refractivity contribution in [3.8, 4) is 0 Å². The number of halogens is 2. The monoisotopic (exact) mass is 816 g/mol. The van der Waals surface area contributed by atoms with Crippen LogP contribution in [0.5, 0.6) is 0 Å². The maximum atomic E-state index is 13.8. The lowest BCUT2D eigenvalue weighted by atomic mass is 9.90. The van der Waals surface area contributed by atoms with Crippen LogP contribution in [0.2, 0.25) is 28.2 Å².